The van der Waals surface area contributed by atoms with Crippen molar-refractivity contribution >= 4 is 11.3 Å². The molecule has 0 aliphatic carbocycles. The van der Waals surface area contributed by atoms with Crippen molar-refractivity contribution in [3.63, 3.8) is 0 Å². The molecule has 4 nitrogen and oxygen atoms in total. The molecule has 0 unspecified atom stereocenters. The molecule has 0 fully saturated rings. The Bertz CT molecular complexity index is 799. The van der Waals surface area contributed by atoms with Crippen LogP contribution in [0.15, 0.2) is 45.6 Å². The first-order valence-corrected chi connectivity index (χ1v) is 8.06. The molecule has 8 heteroatoms. The average Bonchev–Trinajstić information content (AvgIpc) is 3.17. The smallest absolute Gasteiger partial charge is 0.338 e. The lowest BCUT2D eigenvalue weighted by molar-refractivity contribution is -0.137. The molecule has 0 radical (unpaired) electrons. The second kappa shape index (κ2) is 6.74. The van der Waals surface area contributed by atoms with Crippen LogP contribution in [0.1, 0.15) is 17.0 Å². The van der Waals surface area contributed by atoms with E-state index in [2.05, 4.69) is 10.1 Å². The van der Waals surface area contributed by atoms with E-state index in [-0.39, 0.29) is 0 Å². The van der Waals surface area contributed by atoms with Crippen molar-refractivity contribution in [2.24, 2.45) is 0 Å². The zero-order valence-corrected chi connectivity index (χ0v) is 13.6. The first kappa shape index (κ1) is 16.7. The maximum Gasteiger partial charge on any atom is 0.416 e. The average molecular weight is 353 g/mol. The molecule has 24 heavy (non-hydrogen) atoms. The van der Waals surface area contributed by atoms with Gasteiger partial charge in [0, 0.05) is 17.5 Å². The number of thiophene rings is 1. The van der Waals surface area contributed by atoms with Gasteiger partial charge in [-0.25, -0.2) is 0 Å². The summed E-state index contributed by atoms with van der Waals surface area (Å²) in [5.74, 6) is 0.935. The summed E-state index contributed by atoms with van der Waals surface area (Å²) in [6, 6.07) is 7.19. The van der Waals surface area contributed by atoms with E-state index in [1.807, 2.05) is 21.7 Å². The van der Waals surface area contributed by atoms with Crippen LogP contribution in [0.4, 0.5) is 13.2 Å². The Balaban J connectivity index is 1.65. The fourth-order valence-electron chi connectivity index (χ4n) is 2.27. The van der Waals surface area contributed by atoms with Crippen LogP contribution in [0.3, 0.4) is 0 Å². The van der Waals surface area contributed by atoms with Gasteiger partial charge in [0.15, 0.2) is 0 Å². The molecular formula is C16H14F3N3OS. The second-order valence-electron chi connectivity index (χ2n) is 5.39. The molecule has 0 bridgehead atoms. The highest BCUT2D eigenvalue weighted by Gasteiger charge is 2.30. The summed E-state index contributed by atoms with van der Waals surface area (Å²) < 4.78 is 43.4. The van der Waals surface area contributed by atoms with E-state index >= 15 is 0 Å². The number of benzene rings is 1. The molecule has 0 spiro atoms. The van der Waals surface area contributed by atoms with Crippen LogP contribution < -0.4 is 0 Å². The SMILES string of the molecule is CN(Cc1cccc(C(F)(F)F)c1)Cc1nc(-c2ccsc2)no1. The van der Waals surface area contributed by atoms with E-state index in [0.717, 1.165) is 17.7 Å². The van der Waals surface area contributed by atoms with Crippen molar-refractivity contribution in [1.29, 1.82) is 0 Å². The molecule has 2 aromatic heterocycles. The summed E-state index contributed by atoms with van der Waals surface area (Å²) in [6.45, 7) is 0.702. The van der Waals surface area contributed by atoms with Crippen molar-refractivity contribution in [2.75, 3.05) is 7.05 Å². The van der Waals surface area contributed by atoms with Gasteiger partial charge in [-0.3, -0.25) is 4.90 Å². The van der Waals surface area contributed by atoms with E-state index in [0.29, 0.717) is 30.4 Å². The largest absolute Gasteiger partial charge is 0.416 e. The molecule has 1 aromatic carbocycles. The van der Waals surface area contributed by atoms with E-state index in [9.17, 15) is 13.2 Å². The first-order valence-electron chi connectivity index (χ1n) is 7.11. The number of halogens is 3. The van der Waals surface area contributed by atoms with Gasteiger partial charge in [-0.1, -0.05) is 23.4 Å². The second-order valence-corrected chi connectivity index (χ2v) is 6.17. The van der Waals surface area contributed by atoms with Crippen molar-refractivity contribution in [1.82, 2.24) is 15.0 Å². The maximum atomic E-state index is 12.7. The van der Waals surface area contributed by atoms with Gasteiger partial charge in [-0.15, -0.1) is 0 Å². The fraction of sp³-hybridized carbons (Fsp3) is 0.250. The van der Waals surface area contributed by atoms with Crippen LogP contribution in [0.25, 0.3) is 11.4 Å². The number of hydrogen-bond donors (Lipinski definition) is 0. The summed E-state index contributed by atoms with van der Waals surface area (Å²) in [5, 5.41) is 7.75. The lowest BCUT2D eigenvalue weighted by atomic mass is 10.1. The Morgan fingerprint density at radius 2 is 2.04 bits per heavy atom. The van der Waals surface area contributed by atoms with Crippen molar-refractivity contribution < 1.29 is 17.7 Å². The van der Waals surface area contributed by atoms with E-state index < -0.39 is 11.7 Å². The first-order chi connectivity index (χ1) is 11.4. The van der Waals surface area contributed by atoms with Gasteiger partial charge in [-0.05, 0) is 30.1 Å². The van der Waals surface area contributed by atoms with Crippen molar-refractivity contribution in [3.05, 3.63) is 58.1 Å². The fourth-order valence-corrected chi connectivity index (χ4v) is 2.91. The molecule has 2 heterocycles. The molecule has 0 aliphatic rings. The highest BCUT2D eigenvalue weighted by molar-refractivity contribution is 7.08. The van der Waals surface area contributed by atoms with E-state index in [4.69, 9.17) is 4.52 Å². The van der Waals surface area contributed by atoms with Gasteiger partial charge in [-0.2, -0.15) is 29.5 Å². The predicted octanol–water partition coefficient (Wildman–Crippen LogP) is 4.45. The van der Waals surface area contributed by atoms with E-state index in [1.165, 1.54) is 17.4 Å². The number of alkyl halides is 3. The monoisotopic (exact) mass is 353 g/mol. The summed E-state index contributed by atoms with van der Waals surface area (Å²) in [5.41, 5.74) is 0.811. The topological polar surface area (TPSA) is 42.2 Å². The molecule has 0 amide bonds. The van der Waals surface area contributed by atoms with Crippen LogP contribution in [0.2, 0.25) is 0 Å². The predicted molar refractivity (Wildman–Crippen MR) is 84.2 cm³/mol. The Labute approximate surface area is 140 Å². The number of aromatic nitrogens is 2. The van der Waals surface area contributed by atoms with Gasteiger partial charge >= 0.3 is 6.18 Å². The molecule has 0 saturated heterocycles. The third-order valence-corrected chi connectivity index (χ3v) is 4.04. The summed E-state index contributed by atoms with van der Waals surface area (Å²) in [7, 11) is 1.79. The molecule has 0 atom stereocenters. The third kappa shape index (κ3) is 4.01. The Hall–Kier alpha value is -2.19. The van der Waals surface area contributed by atoms with Gasteiger partial charge in [0.1, 0.15) is 0 Å². The highest BCUT2D eigenvalue weighted by atomic mass is 32.1. The molecule has 0 saturated carbocycles. The van der Waals surface area contributed by atoms with Crippen LogP contribution in [-0.4, -0.2) is 22.1 Å². The van der Waals surface area contributed by atoms with Crippen molar-refractivity contribution in [3.8, 4) is 11.4 Å². The number of nitrogens with zero attached hydrogens (tertiary/aromatic N) is 3. The molecule has 3 aromatic rings. The third-order valence-electron chi connectivity index (χ3n) is 3.36. The summed E-state index contributed by atoms with van der Waals surface area (Å²) >= 11 is 1.54. The Kier molecular flexibility index (Phi) is 4.68. The standard InChI is InChI=1S/C16H14F3N3OS/c1-22(8-11-3-2-4-13(7-11)16(17,18)19)9-14-20-15(21-23-14)12-5-6-24-10-12/h2-7,10H,8-9H2,1H3. The lowest BCUT2D eigenvalue weighted by Gasteiger charge is -2.15. The number of hydrogen-bond acceptors (Lipinski definition) is 5. The summed E-state index contributed by atoms with van der Waals surface area (Å²) in [6.07, 6.45) is -4.34. The van der Waals surface area contributed by atoms with Crippen LogP contribution >= 0.6 is 11.3 Å². The molecule has 0 aliphatic heterocycles. The van der Waals surface area contributed by atoms with Crippen LogP contribution in [-0.2, 0) is 19.3 Å². The minimum absolute atomic E-state index is 0.347. The molecule has 3 rings (SSSR count). The lowest BCUT2D eigenvalue weighted by Crippen LogP contribution is -2.18. The normalized spacial score (nSPS) is 12.0. The van der Waals surface area contributed by atoms with Crippen LogP contribution in [0, 0.1) is 0 Å². The Morgan fingerprint density at radius 1 is 1.21 bits per heavy atom. The number of rotatable bonds is 5. The van der Waals surface area contributed by atoms with Crippen LogP contribution in [0.5, 0.6) is 0 Å². The van der Waals surface area contributed by atoms with E-state index in [1.54, 1.807) is 13.1 Å². The minimum atomic E-state index is -4.34. The Morgan fingerprint density at radius 3 is 2.75 bits per heavy atom. The molecule has 126 valence electrons. The minimum Gasteiger partial charge on any atom is -0.338 e. The quantitative estimate of drug-likeness (QED) is 0.680. The molecular weight excluding hydrogens is 339 g/mol. The summed E-state index contributed by atoms with van der Waals surface area (Å²) in [4.78, 5) is 6.12. The zero-order chi connectivity index (χ0) is 17.2. The molecule has 0 N–H and O–H groups in total. The van der Waals surface area contributed by atoms with Gasteiger partial charge < -0.3 is 4.52 Å². The maximum absolute atomic E-state index is 12.7. The zero-order valence-electron chi connectivity index (χ0n) is 12.7. The van der Waals surface area contributed by atoms with Gasteiger partial charge in [0.05, 0.1) is 12.1 Å². The van der Waals surface area contributed by atoms with Gasteiger partial charge in [0.2, 0.25) is 11.7 Å². The van der Waals surface area contributed by atoms with Crippen molar-refractivity contribution in [2.45, 2.75) is 19.3 Å². The van der Waals surface area contributed by atoms with Gasteiger partial charge in [0.25, 0.3) is 0 Å². The highest BCUT2D eigenvalue weighted by Crippen LogP contribution is 2.29.